The summed E-state index contributed by atoms with van der Waals surface area (Å²) in [5.74, 6) is 1.83. The molecule has 0 amide bonds. The predicted molar refractivity (Wildman–Crippen MR) is 383 cm³/mol. The molecule has 14 rings (SSSR count). The van der Waals surface area contributed by atoms with Crippen LogP contribution >= 0.6 is 0 Å². The van der Waals surface area contributed by atoms with Gasteiger partial charge in [-0.15, -0.1) is 0 Å². The van der Waals surface area contributed by atoms with Gasteiger partial charge in [0.05, 0.1) is 42.0 Å². The molecule has 496 valence electrons. The van der Waals surface area contributed by atoms with Crippen molar-refractivity contribution in [1.29, 1.82) is 0 Å². The molecule has 0 bridgehead atoms. The Balaban J connectivity index is 0.688. The lowest BCUT2D eigenvalue weighted by Gasteiger charge is -2.37. The monoisotopic (exact) mass is 1290 g/mol. The Morgan fingerprint density at radius 2 is 1.15 bits per heavy atom. The lowest BCUT2D eigenvalue weighted by atomic mass is 9.79. The smallest absolute Gasteiger partial charge is 0.210 e. The van der Waals surface area contributed by atoms with Crippen LogP contribution in [0, 0.1) is 0 Å². The predicted octanol–water partition coefficient (Wildman–Crippen LogP) is 18.6. The average Bonchev–Trinajstić information content (AvgIpc) is 1.57. The lowest BCUT2D eigenvalue weighted by Crippen LogP contribution is -2.37. The van der Waals surface area contributed by atoms with E-state index in [9.17, 15) is 10.2 Å². The van der Waals surface area contributed by atoms with Crippen molar-refractivity contribution >= 4 is 49.8 Å². The van der Waals surface area contributed by atoms with Crippen LogP contribution in [0.25, 0.3) is 32.7 Å². The third-order valence-corrected chi connectivity index (χ3v) is 21.0. The second-order valence-corrected chi connectivity index (χ2v) is 28.4. The summed E-state index contributed by atoms with van der Waals surface area (Å²) in [5.41, 5.74) is 20.8. The summed E-state index contributed by atoms with van der Waals surface area (Å²) in [5, 5.41) is 25.7. The molecule has 12 heteroatoms. The van der Waals surface area contributed by atoms with Gasteiger partial charge >= 0.3 is 0 Å². The summed E-state index contributed by atoms with van der Waals surface area (Å²) in [7, 11) is 4.38. The van der Waals surface area contributed by atoms with Gasteiger partial charge in [0.2, 0.25) is 5.69 Å². The molecule has 0 spiro atoms. The molecule has 3 saturated heterocycles. The third kappa shape index (κ3) is 13.1. The number of hydrogen-bond donors (Lipinski definition) is 3. The van der Waals surface area contributed by atoms with Gasteiger partial charge in [0.15, 0.2) is 24.6 Å². The van der Waals surface area contributed by atoms with Gasteiger partial charge in [-0.05, 0) is 184 Å². The topological polar surface area (TPSA) is 137 Å². The number of phenolic OH excluding ortho intramolecular Hbond substituents is 2. The molecule has 4 N–H and O–H groups in total. The van der Waals surface area contributed by atoms with Crippen molar-refractivity contribution < 1.29 is 47.9 Å². The molecule has 0 saturated carbocycles. The number of nitrogens with two attached hydrogens (primary N) is 1. The molecule has 96 heavy (non-hydrogen) atoms. The molecule has 0 aromatic heterocycles. The van der Waals surface area contributed by atoms with Crippen LogP contribution in [0.2, 0.25) is 0 Å². The fourth-order valence-corrected chi connectivity index (χ4v) is 16.2. The van der Waals surface area contributed by atoms with Crippen LogP contribution in [0.15, 0.2) is 206 Å². The van der Waals surface area contributed by atoms with E-state index in [0.29, 0.717) is 12.2 Å². The SMILES string of the molecule is CCC1CC(CC(N)CCCC2CC(CCCC3CC(C)OC(c4cccc(O)c4)O3)OC(c3cccc(O)c3)O2)OC(c2cccc(OC3=C(/C=C/C4=[N+](C)c5ccc6ccccc6c5C4(C)C)c4ccccc4/C3=C\C=C3\N(C)c4ccc5ccccc5c4C3(C)C)c2)O1. The van der Waals surface area contributed by atoms with Crippen molar-refractivity contribution in [3.63, 3.8) is 0 Å². The van der Waals surface area contributed by atoms with Gasteiger partial charge in [-0.2, -0.15) is 4.58 Å². The fraction of sp³-hybridized carbons (Fsp3) is 0.369. The number of fused-ring (bicyclic) bond motifs is 7. The first-order valence-electron chi connectivity index (χ1n) is 34.9. The lowest BCUT2D eigenvalue weighted by molar-refractivity contribution is -0.401. The Bertz CT molecular complexity index is 4370. The number of benzene rings is 8. The number of anilines is 1. The Hall–Kier alpha value is -8.17. The summed E-state index contributed by atoms with van der Waals surface area (Å²) in [6, 6.07) is 57.6. The molecule has 12 nitrogen and oxygen atoms in total. The van der Waals surface area contributed by atoms with E-state index in [1.807, 2.05) is 36.4 Å². The van der Waals surface area contributed by atoms with E-state index in [2.05, 4.69) is 199 Å². The number of hydrogen-bond acceptors (Lipinski definition) is 11. The summed E-state index contributed by atoms with van der Waals surface area (Å²) < 4.78 is 49.4. The first kappa shape index (κ1) is 65.1. The molecule has 5 aliphatic heterocycles. The van der Waals surface area contributed by atoms with Gasteiger partial charge in [0, 0.05) is 88.3 Å². The van der Waals surface area contributed by atoms with E-state index < -0.39 is 18.9 Å². The van der Waals surface area contributed by atoms with Crippen LogP contribution < -0.4 is 15.4 Å². The minimum Gasteiger partial charge on any atom is -0.508 e. The van der Waals surface area contributed by atoms with Gasteiger partial charge in [-0.1, -0.05) is 136 Å². The quantitative estimate of drug-likeness (QED) is 0.0667. The van der Waals surface area contributed by atoms with Gasteiger partial charge in [-0.25, -0.2) is 0 Å². The van der Waals surface area contributed by atoms with Crippen molar-refractivity contribution in [3.05, 3.63) is 245 Å². The Kier molecular flexibility index (Phi) is 18.6. The molecule has 3 fully saturated rings. The molecule has 8 aromatic carbocycles. The van der Waals surface area contributed by atoms with Gasteiger partial charge in [0.1, 0.15) is 30.1 Å². The largest absolute Gasteiger partial charge is 0.508 e. The molecular formula is C84H92N3O9+. The molecule has 5 heterocycles. The molecule has 10 unspecified atom stereocenters. The van der Waals surface area contributed by atoms with Gasteiger partial charge in [0.25, 0.3) is 0 Å². The van der Waals surface area contributed by atoms with Crippen LogP contribution in [-0.4, -0.2) is 77.3 Å². The van der Waals surface area contributed by atoms with Gasteiger partial charge in [-0.3, -0.25) is 0 Å². The van der Waals surface area contributed by atoms with Crippen molar-refractivity contribution in [1.82, 2.24) is 0 Å². The zero-order valence-electron chi connectivity index (χ0n) is 56.8. The first-order valence-corrected chi connectivity index (χ1v) is 34.9. The minimum atomic E-state index is -0.617. The number of aromatic hydroxyl groups is 2. The van der Waals surface area contributed by atoms with E-state index in [1.165, 1.54) is 55.5 Å². The summed E-state index contributed by atoms with van der Waals surface area (Å²) in [6.45, 7) is 13.6. The molecule has 10 atom stereocenters. The maximum atomic E-state index is 10.5. The molecule has 8 aromatic rings. The third-order valence-electron chi connectivity index (χ3n) is 21.0. The zero-order valence-corrected chi connectivity index (χ0v) is 56.8. The van der Waals surface area contributed by atoms with E-state index in [4.69, 9.17) is 38.9 Å². The summed E-state index contributed by atoms with van der Waals surface area (Å²) >= 11 is 0. The molecule has 1 aliphatic carbocycles. The number of phenols is 2. The van der Waals surface area contributed by atoms with E-state index in [0.717, 1.165) is 109 Å². The highest BCUT2D eigenvalue weighted by atomic mass is 16.7. The van der Waals surface area contributed by atoms with E-state index in [-0.39, 0.29) is 65.0 Å². The molecule has 6 aliphatic rings. The minimum absolute atomic E-state index is 0.0123. The van der Waals surface area contributed by atoms with E-state index in [1.54, 1.807) is 24.3 Å². The van der Waals surface area contributed by atoms with E-state index >= 15 is 0 Å². The molecular weight excluding hydrogens is 1190 g/mol. The van der Waals surface area contributed by atoms with Crippen LogP contribution in [0.4, 0.5) is 11.4 Å². The average molecular weight is 1290 g/mol. The Morgan fingerprint density at radius 3 is 1.82 bits per heavy atom. The van der Waals surface area contributed by atoms with Crippen LogP contribution in [0.5, 0.6) is 17.2 Å². The number of likely N-dealkylation sites (N-methyl/N-ethyl adjacent to an activating group) is 1. The summed E-state index contributed by atoms with van der Waals surface area (Å²) in [4.78, 5) is 2.36. The summed E-state index contributed by atoms with van der Waals surface area (Å²) in [6.07, 6.45) is 16.2. The highest BCUT2D eigenvalue weighted by Gasteiger charge is 2.45. The Labute approximate surface area is 565 Å². The standard InChI is InChI=1S/C84H91N3O9/c1-9-61-50-66(49-58(85)26-19-30-64-51-65(95-81(94-64)56-24-17-28-60(89)47-56)32-20-31-62-45-52(2)90-80(93-62)55-23-16-27-59(88)46-55)96-82(92-61)57-25-18-29-63(48-57)91-79-71(39-43-75-83(3,4)77-67-33-12-10-21-53(67)37-41-73(77)86(75)7)69-35-14-15-36-70(69)72(79)40-44-76-84(5,6)78-68-34-13-11-22-54(68)38-42-74(78)87(76)8/h10-18,21-25,27-29,33-44,46-48,52,58,61-62,64-66,80-82H,9,19-20,26,30-32,45,49-51,85H2,1-8H3,(H-,88,89)/p+1. The van der Waals surface area contributed by atoms with Crippen molar-refractivity contribution in [2.24, 2.45) is 5.73 Å². The van der Waals surface area contributed by atoms with Crippen LogP contribution in [0.3, 0.4) is 0 Å². The number of ether oxygens (including phenoxy) is 7. The number of allylic oxidation sites excluding steroid dienone is 7. The maximum absolute atomic E-state index is 10.5. The van der Waals surface area contributed by atoms with Crippen molar-refractivity contribution in [2.45, 2.75) is 185 Å². The highest BCUT2D eigenvalue weighted by Crippen LogP contribution is 2.52. The maximum Gasteiger partial charge on any atom is 0.210 e. The van der Waals surface area contributed by atoms with Gasteiger partial charge < -0.3 is 54.0 Å². The second-order valence-electron chi connectivity index (χ2n) is 28.4. The van der Waals surface area contributed by atoms with Crippen LogP contribution in [0.1, 0.15) is 170 Å². The van der Waals surface area contributed by atoms with Crippen LogP contribution in [-0.2, 0) is 39.3 Å². The van der Waals surface area contributed by atoms with Crippen molar-refractivity contribution in [3.8, 4) is 17.2 Å². The zero-order chi connectivity index (χ0) is 66.4. The first-order chi connectivity index (χ1) is 46.5. The molecule has 0 radical (unpaired) electrons. The second kappa shape index (κ2) is 27.4. The normalized spacial score (nSPS) is 25.7. The number of rotatable bonds is 19. The van der Waals surface area contributed by atoms with Crippen molar-refractivity contribution in [2.75, 3.05) is 19.0 Å². The number of nitrogens with zero attached hydrogens (tertiary/aromatic N) is 2. The Morgan fingerprint density at radius 1 is 0.583 bits per heavy atom. The highest BCUT2D eigenvalue weighted by molar-refractivity contribution is 6.10. The fourth-order valence-electron chi connectivity index (χ4n) is 16.2.